The Morgan fingerprint density at radius 2 is 1.64 bits per heavy atom. The first-order chi connectivity index (χ1) is 17.4. The highest BCUT2D eigenvalue weighted by Crippen LogP contribution is 2.58. The molecule has 0 atom stereocenters. The van der Waals surface area contributed by atoms with E-state index in [1.165, 1.54) is 18.9 Å². The quantitative estimate of drug-likeness (QED) is 0.328. The van der Waals surface area contributed by atoms with Gasteiger partial charge in [-0.2, -0.15) is 0 Å². The maximum absolute atomic E-state index is 14.7. The number of fused-ring (bicyclic) bond motifs is 1. The maximum atomic E-state index is 14.7. The Labute approximate surface area is 211 Å². The largest absolute Gasteiger partial charge is 0.497 e. The average molecular weight is 483 g/mol. The summed E-state index contributed by atoms with van der Waals surface area (Å²) in [6.45, 7) is 2.85. The number of aromatic nitrogens is 1. The summed E-state index contributed by atoms with van der Waals surface area (Å²) in [7, 11) is 1.66. The minimum Gasteiger partial charge on any atom is -0.497 e. The topological polar surface area (TPSA) is 43.3 Å². The lowest BCUT2D eigenvalue weighted by atomic mass is 9.50. The Hall–Kier alpha value is -3.60. The van der Waals surface area contributed by atoms with Crippen LogP contribution < -0.4 is 10.1 Å². The molecule has 0 aliphatic heterocycles. The second-order valence-corrected chi connectivity index (χ2v) is 10.8. The Morgan fingerprint density at radius 1 is 0.972 bits per heavy atom. The molecule has 5 heteroatoms. The highest BCUT2D eigenvalue weighted by atomic mass is 19.1. The first-order valence-corrected chi connectivity index (χ1v) is 12.7. The van der Waals surface area contributed by atoms with Crippen LogP contribution in [0.4, 0.5) is 4.39 Å². The molecule has 4 aromatic rings. The van der Waals surface area contributed by atoms with Crippen LogP contribution in [0.5, 0.6) is 5.75 Å². The van der Waals surface area contributed by atoms with Gasteiger partial charge in [-0.05, 0) is 84.0 Å². The van der Waals surface area contributed by atoms with Crippen molar-refractivity contribution in [1.29, 1.82) is 0 Å². The molecule has 3 aromatic carbocycles. The molecule has 1 amide bonds. The van der Waals surface area contributed by atoms with E-state index >= 15 is 0 Å². The zero-order chi connectivity index (χ0) is 24.9. The predicted molar refractivity (Wildman–Crippen MR) is 141 cm³/mol. The van der Waals surface area contributed by atoms with Crippen molar-refractivity contribution >= 4 is 16.8 Å². The van der Waals surface area contributed by atoms with Crippen molar-refractivity contribution in [1.82, 2.24) is 9.88 Å². The number of hydrogen-bond donors (Lipinski definition) is 1. The van der Waals surface area contributed by atoms with Crippen LogP contribution in [0.25, 0.3) is 22.0 Å². The molecule has 1 N–H and O–H groups in total. The normalized spacial score (nSPS) is 22.8. The summed E-state index contributed by atoms with van der Waals surface area (Å²) in [6.07, 6.45) is 6.56. The zero-order valence-corrected chi connectivity index (χ0v) is 20.8. The number of ether oxygens (including phenoxy) is 1. The third-order valence-corrected chi connectivity index (χ3v) is 8.10. The van der Waals surface area contributed by atoms with Gasteiger partial charge in [0.25, 0.3) is 5.91 Å². The Balaban J connectivity index is 1.21. The van der Waals surface area contributed by atoms with Gasteiger partial charge in [-0.15, -0.1) is 0 Å². The lowest BCUT2D eigenvalue weighted by molar-refractivity contribution is -0.0399. The Kier molecular flexibility index (Phi) is 5.59. The number of benzene rings is 3. The van der Waals surface area contributed by atoms with Gasteiger partial charge in [0.05, 0.1) is 18.2 Å². The number of carbonyl (C=O) groups excluding carboxylic acids is 1. The molecule has 2 aliphatic carbocycles. The highest BCUT2D eigenvalue weighted by molar-refractivity contribution is 6.06. The van der Waals surface area contributed by atoms with Crippen LogP contribution >= 0.6 is 0 Å². The molecule has 4 nitrogen and oxygen atoms in total. The molecule has 1 spiro atoms. The van der Waals surface area contributed by atoms with E-state index in [1.54, 1.807) is 19.2 Å². The third kappa shape index (κ3) is 4.06. The summed E-state index contributed by atoms with van der Waals surface area (Å²) in [4.78, 5) is 13.2. The van der Waals surface area contributed by atoms with Gasteiger partial charge >= 0.3 is 0 Å². The number of nitrogens with one attached hydrogen (secondary N) is 1. The van der Waals surface area contributed by atoms with Crippen LogP contribution in [0.1, 0.15) is 48.5 Å². The van der Waals surface area contributed by atoms with E-state index in [4.69, 9.17) is 4.74 Å². The van der Waals surface area contributed by atoms with Crippen molar-refractivity contribution in [2.75, 3.05) is 7.11 Å². The van der Waals surface area contributed by atoms with Crippen molar-refractivity contribution in [3.8, 4) is 16.9 Å². The van der Waals surface area contributed by atoms with E-state index in [9.17, 15) is 9.18 Å². The highest BCUT2D eigenvalue weighted by Gasteiger charge is 2.51. The van der Waals surface area contributed by atoms with Crippen LogP contribution in [0.2, 0.25) is 0 Å². The van der Waals surface area contributed by atoms with Gasteiger partial charge in [-0.3, -0.25) is 4.79 Å². The molecule has 1 aromatic heterocycles. The number of methoxy groups -OCH3 is 1. The number of carbonyl (C=O) groups is 1. The summed E-state index contributed by atoms with van der Waals surface area (Å²) in [6, 6.07) is 21.3. The predicted octanol–water partition coefficient (Wildman–Crippen LogP) is 6.81. The molecule has 36 heavy (non-hydrogen) atoms. The molecule has 0 radical (unpaired) electrons. The fraction of sp³-hybridized carbons (Fsp3) is 0.323. The van der Waals surface area contributed by atoms with E-state index in [0.29, 0.717) is 28.4 Å². The van der Waals surface area contributed by atoms with Crippen molar-refractivity contribution in [3.63, 3.8) is 0 Å². The van der Waals surface area contributed by atoms with E-state index in [0.717, 1.165) is 41.2 Å². The summed E-state index contributed by atoms with van der Waals surface area (Å²) < 4.78 is 21.9. The summed E-state index contributed by atoms with van der Waals surface area (Å²) in [5.41, 5.74) is 4.97. The number of hydrogen-bond acceptors (Lipinski definition) is 2. The first kappa shape index (κ1) is 22.8. The van der Waals surface area contributed by atoms with Crippen LogP contribution in [0.15, 0.2) is 72.9 Å². The molecule has 0 unspecified atom stereocenters. The van der Waals surface area contributed by atoms with Gasteiger partial charge in [0.15, 0.2) is 0 Å². The summed E-state index contributed by atoms with van der Waals surface area (Å²) in [5.74, 6) is 1.23. The van der Waals surface area contributed by atoms with Crippen molar-refractivity contribution in [3.05, 3.63) is 89.9 Å². The van der Waals surface area contributed by atoms with Gasteiger partial charge in [-0.25, -0.2) is 4.39 Å². The monoisotopic (exact) mass is 482 g/mol. The van der Waals surface area contributed by atoms with Gasteiger partial charge in [0.1, 0.15) is 11.6 Å². The lowest BCUT2D eigenvalue weighted by Gasteiger charge is -2.57. The number of nitrogens with zero attached hydrogens (tertiary/aromatic N) is 1. The van der Waals surface area contributed by atoms with E-state index in [-0.39, 0.29) is 17.8 Å². The molecule has 1 heterocycles. The van der Waals surface area contributed by atoms with Gasteiger partial charge < -0.3 is 14.6 Å². The zero-order valence-electron chi connectivity index (χ0n) is 20.8. The molecular weight excluding hydrogens is 451 g/mol. The van der Waals surface area contributed by atoms with E-state index < -0.39 is 0 Å². The molecule has 2 aliphatic rings. The Bertz CT molecular complexity index is 1410. The fourth-order valence-corrected chi connectivity index (χ4v) is 6.49. The average Bonchev–Trinajstić information content (AvgIpc) is 3.27. The minimum atomic E-state index is -0.304. The second-order valence-electron chi connectivity index (χ2n) is 10.8. The fourth-order valence-electron chi connectivity index (χ4n) is 6.49. The molecular formula is C31H31FN2O2. The van der Waals surface area contributed by atoms with Crippen molar-refractivity contribution in [2.24, 2.45) is 11.3 Å². The van der Waals surface area contributed by atoms with Crippen LogP contribution in [-0.2, 0) is 6.54 Å². The second kappa shape index (κ2) is 8.81. The van der Waals surface area contributed by atoms with Crippen LogP contribution in [0.3, 0.4) is 0 Å². The van der Waals surface area contributed by atoms with E-state index in [2.05, 4.69) is 36.5 Å². The molecule has 0 saturated heterocycles. The first-order valence-electron chi connectivity index (χ1n) is 12.7. The molecule has 6 rings (SSSR count). The molecule has 184 valence electrons. The minimum absolute atomic E-state index is 0.109. The standard InChI is InChI=1S/C31H31FN2O2/c1-20-15-31(16-20)17-24(18-31)33-30(35)27-11-12-28(32)26-13-14-34(29(26)27)19-21-3-5-22(6-4-21)23-7-9-25(36-2)10-8-23/h3-14,20,24H,15-19H2,1-2H3,(H,33,35). The smallest absolute Gasteiger partial charge is 0.253 e. The SMILES string of the molecule is COc1ccc(-c2ccc(Cn3ccc4c(F)ccc(C(=O)NC5CC6(CC(C)C6)C5)c43)cc2)cc1. The van der Waals surface area contributed by atoms with Gasteiger partial charge in [0, 0.05) is 24.2 Å². The number of rotatable bonds is 6. The van der Waals surface area contributed by atoms with Crippen LogP contribution in [-0.4, -0.2) is 23.6 Å². The molecule has 2 saturated carbocycles. The number of halogens is 1. The van der Waals surface area contributed by atoms with Crippen LogP contribution in [0, 0.1) is 17.2 Å². The number of amides is 1. The van der Waals surface area contributed by atoms with Gasteiger partial charge in [-0.1, -0.05) is 43.3 Å². The van der Waals surface area contributed by atoms with E-state index in [1.807, 2.05) is 35.0 Å². The Morgan fingerprint density at radius 3 is 2.28 bits per heavy atom. The van der Waals surface area contributed by atoms with Gasteiger partial charge in [0.2, 0.25) is 0 Å². The molecule has 0 bridgehead atoms. The summed E-state index contributed by atoms with van der Waals surface area (Å²) in [5, 5.41) is 3.70. The van der Waals surface area contributed by atoms with Crippen molar-refractivity contribution in [2.45, 2.75) is 45.2 Å². The molecule has 2 fully saturated rings. The van der Waals surface area contributed by atoms with Crippen molar-refractivity contribution < 1.29 is 13.9 Å². The lowest BCUT2D eigenvalue weighted by Crippen LogP contribution is -2.55. The summed E-state index contributed by atoms with van der Waals surface area (Å²) >= 11 is 0. The third-order valence-electron chi connectivity index (χ3n) is 8.10. The maximum Gasteiger partial charge on any atom is 0.253 e.